The predicted octanol–water partition coefficient (Wildman–Crippen LogP) is 5.50. The number of imidazole rings is 1. The lowest BCUT2D eigenvalue weighted by Crippen LogP contribution is -2.29. The summed E-state index contributed by atoms with van der Waals surface area (Å²) >= 11 is 0. The molecule has 0 fully saturated rings. The standard InChI is InChI=1S/C26H27N3O/c1-17-14-18(2)22(19(3)15-17)16-29-24-13-9-8-12-23(24)28-25(29)20(4)27-26(30)21-10-6-5-7-11-21/h5-15,20H,16H2,1-4H3,(H,27,30). The molecule has 4 heteroatoms. The van der Waals surface area contributed by atoms with Gasteiger partial charge in [-0.2, -0.15) is 0 Å². The SMILES string of the molecule is Cc1cc(C)c(Cn2c(C(C)NC(=O)c3ccccc3)nc3ccccc32)c(C)c1. The van der Waals surface area contributed by atoms with E-state index in [1.54, 1.807) is 0 Å². The average molecular weight is 398 g/mol. The Morgan fingerprint density at radius 3 is 2.30 bits per heavy atom. The second-order valence-corrected chi connectivity index (χ2v) is 7.98. The Hall–Kier alpha value is -3.40. The molecular weight excluding hydrogens is 370 g/mol. The Labute approximate surface area is 177 Å². The van der Waals surface area contributed by atoms with Crippen LogP contribution < -0.4 is 5.32 Å². The van der Waals surface area contributed by atoms with Gasteiger partial charge >= 0.3 is 0 Å². The van der Waals surface area contributed by atoms with Crippen molar-refractivity contribution in [3.05, 3.63) is 100 Å². The summed E-state index contributed by atoms with van der Waals surface area (Å²) < 4.78 is 2.23. The molecular formula is C26H27N3O. The van der Waals surface area contributed by atoms with Gasteiger partial charge in [0, 0.05) is 12.1 Å². The molecule has 1 heterocycles. The van der Waals surface area contributed by atoms with Crippen LogP contribution in [-0.4, -0.2) is 15.5 Å². The first-order valence-electron chi connectivity index (χ1n) is 10.3. The second kappa shape index (κ2) is 8.15. The Bertz CT molecular complexity index is 1180. The third-order valence-electron chi connectivity index (χ3n) is 5.61. The van der Waals surface area contributed by atoms with Crippen LogP contribution >= 0.6 is 0 Å². The number of benzene rings is 3. The largest absolute Gasteiger partial charge is 0.342 e. The normalized spacial score (nSPS) is 12.1. The molecule has 0 saturated carbocycles. The van der Waals surface area contributed by atoms with Crippen molar-refractivity contribution in [2.45, 2.75) is 40.3 Å². The number of hydrogen-bond acceptors (Lipinski definition) is 2. The van der Waals surface area contributed by atoms with Crippen LogP contribution in [0.25, 0.3) is 11.0 Å². The van der Waals surface area contributed by atoms with E-state index in [1.165, 1.54) is 22.3 Å². The maximum Gasteiger partial charge on any atom is 0.251 e. The molecule has 0 radical (unpaired) electrons. The number of rotatable bonds is 5. The first-order valence-corrected chi connectivity index (χ1v) is 10.3. The van der Waals surface area contributed by atoms with E-state index in [2.05, 4.69) is 48.9 Å². The van der Waals surface area contributed by atoms with Crippen LogP contribution in [-0.2, 0) is 6.54 Å². The molecule has 1 amide bonds. The van der Waals surface area contributed by atoms with Gasteiger partial charge in [-0.15, -0.1) is 0 Å². The minimum atomic E-state index is -0.226. The van der Waals surface area contributed by atoms with Gasteiger partial charge in [0.2, 0.25) is 0 Å². The van der Waals surface area contributed by atoms with Gasteiger partial charge in [-0.05, 0) is 68.7 Å². The van der Waals surface area contributed by atoms with E-state index in [1.807, 2.05) is 55.5 Å². The van der Waals surface area contributed by atoms with Crippen LogP contribution in [0, 0.1) is 20.8 Å². The summed E-state index contributed by atoms with van der Waals surface area (Å²) in [6.45, 7) is 9.17. The summed E-state index contributed by atoms with van der Waals surface area (Å²) in [6, 6.07) is 21.7. The molecule has 4 nitrogen and oxygen atoms in total. The number of amides is 1. The first-order chi connectivity index (χ1) is 14.4. The van der Waals surface area contributed by atoms with Crippen molar-refractivity contribution in [3.8, 4) is 0 Å². The Morgan fingerprint density at radius 2 is 1.60 bits per heavy atom. The summed E-state index contributed by atoms with van der Waals surface area (Å²) in [7, 11) is 0. The van der Waals surface area contributed by atoms with Crippen LogP contribution in [0.5, 0.6) is 0 Å². The second-order valence-electron chi connectivity index (χ2n) is 7.98. The van der Waals surface area contributed by atoms with Crippen LogP contribution in [0.4, 0.5) is 0 Å². The molecule has 1 aromatic heterocycles. The highest BCUT2D eigenvalue weighted by molar-refractivity contribution is 5.94. The smallest absolute Gasteiger partial charge is 0.251 e. The number of aryl methyl sites for hydroxylation is 3. The van der Waals surface area contributed by atoms with Gasteiger partial charge in [-0.25, -0.2) is 4.98 Å². The molecule has 152 valence electrons. The summed E-state index contributed by atoms with van der Waals surface area (Å²) in [5, 5.41) is 3.12. The van der Waals surface area contributed by atoms with Crippen LogP contribution in [0.15, 0.2) is 66.7 Å². The average Bonchev–Trinajstić information content (AvgIpc) is 3.10. The molecule has 4 aromatic rings. The Morgan fingerprint density at radius 1 is 0.967 bits per heavy atom. The van der Waals surface area contributed by atoms with Crippen molar-refractivity contribution < 1.29 is 4.79 Å². The van der Waals surface area contributed by atoms with Gasteiger partial charge in [0.15, 0.2) is 0 Å². The van der Waals surface area contributed by atoms with Gasteiger partial charge < -0.3 is 9.88 Å². The number of nitrogens with zero attached hydrogens (tertiary/aromatic N) is 2. The van der Waals surface area contributed by atoms with Crippen molar-refractivity contribution in [2.24, 2.45) is 0 Å². The van der Waals surface area contributed by atoms with Crippen molar-refractivity contribution in [1.82, 2.24) is 14.9 Å². The van der Waals surface area contributed by atoms with E-state index >= 15 is 0 Å². The molecule has 0 aliphatic rings. The van der Waals surface area contributed by atoms with E-state index in [0.717, 1.165) is 23.4 Å². The fraction of sp³-hybridized carbons (Fsp3) is 0.231. The lowest BCUT2D eigenvalue weighted by atomic mass is 9.99. The molecule has 3 aromatic carbocycles. The van der Waals surface area contributed by atoms with Gasteiger partial charge in [-0.3, -0.25) is 4.79 Å². The Balaban J connectivity index is 1.73. The lowest BCUT2D eigenvalue weighted by Gasteiger charge is -2.19. The third-order valence-corrected chi connectivity index (χ3v) is 5.61. The molecule has 0 spiro atoms. The number of hydrogen-bond donors (Lipinski definition) is 1. The quantitative estimate of drug-likeness (QED) is 0.483. The first kappa shape index (κ1) is 19.9. The number of aromatic nitrogens is 2. The summed E-state index contributed by atoms with van der Waals surface area (Å²) in [5.41, 5.74) is 7.79. The van der Waals surface area contributed by atoms with Crippen molar-refractivity contribution in [3.63, 3.8) is 0 Å². The minimum Gasteiger partial charge on any atom is -0.342 e. The van der Waals surface area contributed by atoms with Gasteiger partial charge in [0.1, 0.15) is 5.82 Å². The molecule has 1 unspecified atom stereocenters. The predicted molar refractivity (Wildman–Crippen MR) is 122 cm³/mol. The van der Waals surface area contributed by atoms with E-state index in [4.69, 9.17) is 4.98 Å². The van der Waals surface area contributed by atoms with Gasteiger partial charge in [0.05, 0.1) is 17.1 Å². The lowest BCUT2D eigenvalue weighted by molar-refractivity contribution is 0.0937. The highest BCUT2D eigenvalue weighted by Gasteiger charge is 2.20. The molecule has 0 bridgehead atoms. The van der Waals surface area contributed by atoms with Gasteiger partial charge in [-0.1, -0.05) is 48.0 Å². The highest BCUT2D eigenvalue weighted by atomic mass is 16.1. The zero-order valence-electron chi connectivity index (χ0n) is 17.9. The highest BCUT2D eigenvalue weighted by Crippen LogP contribution is 2.25. The molecule has 1 N–H and O–H groups in total. The van der Waals surface area contributed by atoms with Crippen LogP contribution in [0.1, 0.15) is 51.4 Å². The number of carbonyl (C=O) groups excluding carboxylic acids is 1. The zero-order valence-corrected chi connectivity index (χ0v) is 17.9. The van der Waals surface area contributed by atoms with E-state index < -0.39 is 0 Å². The fourth-order valence-corrected chi connectivity index (χ4v) is 4.14. The number of nitrogens with one attached hydrogen (secondary N) is 1. The fourth-order valence-electron chi connectivity index (χ4n) is 4.14. The Kier molecular flexibility index (Phi) is 5.40. The third kappa shape index (κ3) is 3.86. The number of para-hydroxylation sites is 2. The maximum absolute atomic E-state index is 12.7. The molecule has 4 rings (SSSR count). The van der Waals surface area contributed by atoms with Crippen LogP contribution in [0.3, 0.4) is 0 Å². The molecule has 0 aliphatic heterocycles. The van der Waals surface area contributed by atoms with Crippen LogP contribution in [0.2, 0.25) is 0 Å². The number of carbonyl (C=O) groups is 1. The minimum absolute atomic E-state index is 0.0931. The maximum atomic E-state index is 12.7. The van der Waals surface area contributed by atoms with Crippen molar-refractivity contribution in [2.75, 3.05) is 0 Å². The number of fused-ring (bicyclic) bond motifs is 1. The molecule has 30 heavy (non-hydrogen) atoms. The van der Waals surface area contributed by atoms with Gasteiger partial charge in [0.25, 0.3) is 5.91 Å². The monoisotopic (exact) mass is 397 g/mol. The van der Waals surface area contributed by atoms with E-state index in [0.29, 0.717) is 5.56 Å². The molecule has 0 aliphatic carbocycles. The molecule has 0 saturated heterocycles. The summed E-state index contributed by atoms with van der Waals surface area (Å²) in [4.78, 5) is 17.6. The summed E-state index contributed by atoms with van der Waals surface area (Å²) in [5.74, 6) is 0.768. The zero-order chi connectivity index (χ0) is 21.3. The van der Waals surface area contributed by atoms with Crippen molar-refractivity contribution in [1.29, 1.82) is 0 Å². The van der Waals surface area contributed by atoms with E-state index in [9.17, 15) is 4.79 Å². The molecule has 1 atom stereocenters. The van der Waals surface area contributed by atoms with Crippen molar-refractivity contribution >= 4 is 16.9 Å². The van der Waals surface area contributed by atoms with E-state index in [-0.39, 0.29) is 11.9 Å². The topological polar surface area (TPSA) is 46.9 Å². The summed E-state index contributed by atoms with van der Waals surface area (Å²) in [6.07, 6.45) is 0.